The van der Waals surface area contributed by atoms with Gasteiger partial charge >= 0.3 is 0 Å². The lowest BCUT2D eigenvalue weighted by Gasteiger charge is -2.06. The maximum absolute atomic E-state index is 5.51. The van der Waals surface area contributed by atoms with Crippen molar-refractivity contribution in [3.63, 3.8) is 0 Å². The van der Waals surface area contributed by atoms with Crippen LogP contribution in [0.5, 0.6) is 0 Å². The van der Waals surface area contributed by atoms with Crippen molar-refractivity contribution in [1.29, 1.82) is 0 Å². The smallest absolute Gasteiger partial charge is 0.106 e. The predicted octanol–water partition coefficient (Wildman–Crippen LogP) is 1.19. The lowest BCUT2D eigenvalue weighted by atomic mass is 10.1. The molecule has 0 bridgehead atoms. The summed E-state index contributed by atoms with van der Waals surface area (Å²) >= 11 is 1.64. The molecular weight excluding hydrogens is 194 g/mol. The Hall–Kier alpha value is -1.13. The number of thiazole rings is 1. The molecule has 1 aromatic rings. The van der Waals surface area contributed by atoms with Gasteiger partial charge in [-0.3, -0.25) is 0 Å². The average molecular weight is 207 g/mol. The number of aromatic nitrogens is 1. The van der Waals surface area contributed by atoms with Crippen molar-refractivity contribution >= 4 is 11.3 Å². The Morgan fingerprint density at radius 1 is 1.57 bits per heavy atom. The number of nitrogens with two attached hydrogens (primary N) is 1. The number of rotatable bonds is 3. The largest absolute Gasteiger partial charge is 0.387 e. The van der Waals surface area contributed by atoms with Gasteiger partial charge in [-0.05, 0) is 17.8 Å². The third-order valence-electron chi connectivity index (χ3n) is 2.06. The van der Waals surface area contributed by atoms with E-state index in [4.69, 9.17) is 5.73 Å². The first-order chi connectivity index (χ1) is 6.88. The van der Waals surface area contributed by atoms with Gasteiger partial charge in [-0.15, -0.1) is 11.3 Å². The molecule has 0 amide bonds. The molecule has 4 heteroatoms. The zero-order valence-electron chi connectivity index (χ0n) is 7.86. The molecule has 0 saturated heterocycles. The molecule has 3 nitrogen and oxygen atoms in total. The zero-order chi connectivity index (χ0) is 9.80. The van der Waals surface area contributed by atoms with Crippen LogP contribution < -0.4 is 11.1 Å². The fourth-order valence-corrected chi connectivity index (χ4v) is 2.03. The summed E-state index contributed by atoms with van der Waals surface area (Å²) in [5, 5.41) is 6.22. The van der Waals surface area contributed by atoms with Crippen LogP contribution in [0.1, 0.15) is 10.7 Å². The zero-order valence-corrected chi connectivity index (χ0v) is 8.68. The van der Waals surface area contributed by atoms with Gasteiger partial charge in [0.05, 0.1) is 5.69 Å². The van der Waals surface area contributed by atoms with Gasteiger partial charge < -0.3 is 11.1 Å². The van der Waals surface area contributed by atoms with Gasteiger partial charge in [0, 0.05) is 24.9 Å². The van der Waals surface area contributed by atoms with Crippen LogP contribution >= 0.6 is 11.3 Å². The summed E-state index contributed by atoms with van der Waals surface area (Å²) in [6, 6.07) is 0. The monoisotopic (exact) mass is 207 g/mol. The van der Waals surface area contributed by atoms with E-state index in [1.807, 2.05) is 6.20 Å². The van der Waals surface area contributed by atoms with Crippen molar-refractivity contribution in [1.82, 2.24) is 10.3 Å². The third kappa shape index (κ3) is 2.21. The fraction of sp³-hybridized carbons (Fsp3) is 0.300. The van der Waals surface area contributed by atoms with Crippen molar-refractivity contribution in [3.05, 3.63) is 40.0 Å². The number of hydrogen-bond acceptors (Lipinski definition) is 4. The summed E-state index contributed by atoms with van der Waals surface area (Å²) in [7, 11) is 0. The van der Waals surface area contributed by atoms with Gasteiger partial charge in [0.2, 0.25) is 0 Å². The Labute approximate surface area is 87.4 Å². The van der Waals surface area contributed by atoms with Crippen LogP contribution in [0.25, 0.3) is 0 Å². The SMILES string of the molecule is NCc1nc(CC2=CCNC=C2)cs1. The van der Waals surface area contributed by atoms with E-state index >= 15 is 0 Å². The molecular formula is C10H13N3S. The quantitative estimate of drug-likeness (QED) is 0.782. The molecule has 0 aliphatic carbocycles. The number of allylic oxidation sites excluding steroid dienone is 2. The summed E-state index contributed by atoms with van der Waals surface area (Å²) < 4.78 is 0. The first-order valence-electron chi connectivity index (χ1n) is 4.61. The predicted molar refractivity (Wildman–Crippen MR) is 58.9 cm³/mol. The van der Waals surface area contributed by atoms with Crippen molar-refractivity contribution < 1.29 is 0 Å². The van der Waals surface area contributed by atoms with Gasteiger partial charge in [-0.1, -0.05) is 6.08 Å². The molecule has 0 saturated carbocycles. The molecule has 3 N–H and O–H groups in total. The summed E-state index contributed by atoms with van der Waals surface area (Å²) in [5.74, 6) is 0. The lowest BCUT2D eigenvalue weighted by molar-refractivity contribution is 0.932. The minimum absolute atomic E-state index is 0.543. The molecule has 2 heterocycles. The van der Waals surface area contributed by atoms with Gasteiger partial charge in [0.15, 0.2) is 0 Å². The van der Waals surface area contributed by atoms with E-state index in [0.717, 1.165) is 23.7 Å². The maximum atomic E-state index is 5.51. The molecule has 0 aromatic carbocycles. The van der Waals surface area contributed by atoms with Gasteiger partial charge in [-0.25, -0.2) is 4.98 Å². The molecule has 0 radical (unpaired) electrons. The number of nitrogens with zero attached hydrogens (tertiary/aromatic N) is 1. The van der Waals surface area contributed by atoms with Crippen molar-refractivity contribution in [2.75, 3.05) is 6.54 Å². The van der Waals surface area contributed by atoms with E-state index < -0.39 is 0 Å². The van der Waals surface area contributed by atoms with Crippen LogP contribution in [0, 0.1) is 0 Å². The second-order valence-electron chi connectivity index (χ2n) is 3.13. The minimum Gasteiger partial charge on any atom is -0.387 e. The highest BCUT2D eigenvalue weighted by atomic mass is 32.1. The standard InChI is InChI=1S/C10H13N3S/c11-6-10-13-9(7-14-10)5-8-1-3-12-4-2-8/h1-3,7,12H,4-6,11H2. The number of dihydropyridines is 1. The second-order valence-corrected chi connectivity index (χ2v) is 4.08. The number of hydrogen-bond donors (Lipinski definition) is 2. The second kappa shape index (κ2) is 4.39. The van der Waals surface area contributed by atoms with E-state index in [9.17, 15) is 0 Å². The Bertz CT molecular complexity index is 365. The Morgan fingerprint density at radius 2 is 2.50 bits per heavy atom. The Morgan fingerprint density at radius 3 is 3.14 bits per heavy atom. The highest BCUT2D eigenvalue weighted by Crippen LogP contribution is 2.14. The molecule has 1 aromatic heterocycles. The van der Waals surface area contributed by atoms with E-state index in [1.54, 1.807) is 11.3 Å². The summed E-state index contributed by atoms with van der Waals surface area (Å²) in [5.41, 5.74) is 7.94. The summed E-state index contributed by atoms with van der Waals surface area (Å²) in [4.78, 5) is 4.42. The minimum atomic E-state index is 0.543. The lowest BCUT2D eigenvalue weighted by Crippen LogP contribution is -2.09. The van der Waals surface area contributed by atoms with Crippen LogP contribution in [-0.4, -0.2) is 11.5 Å². The van der Waals surface area contributed by atoms with Gasteiger partial charge in [-0.2, -0.15) is 0 Å². The van der Waals surface area contributed by atoms with Gasteiger partial charge in [0.25, 0.3) is 0 Å². The van der Waals surface area contributed by atoms with Crippen LogP contribution in [0.3, 0.4) is 0 Å². The highest BCUT2D eigenvalue weighted by molar-refractivity contribution is 7.09. The van der Waals surface area contributed by atoms with E-state index in [-0.39, 0.29) is 0 Å². The van der Waals surface area contributed by atoms with Crippen LogP contribution in [0.15, 0.2) is 29.3 Å². The molecule has 0 spiro atoms. The molecule has 2 rings (SSSR count). The van der Waals surface area contributed by atoms with Crippen LogP contribution in [0.2, 0.25) is 0 Å². The maximum Gasteiger partial charge on any atom is 0.106 e. The molecule has 1 aliphatic heterocycles. The first kappa shape index (κ1) is 9.43. The van der Waals surface area contributed by atoms with Crippen LogP contribution in [0.4, 0.5) is 0 Å². The van der Waals surface area contributed by atoms with Crippen molar-refractivity contribution in [2.45, 2.75) is 13.0 Å². The summed E-state index contributed by atoms with van der Waals surface area (Å²) in [6.45, 7) is 1.46. The number of nitrogens with one attached hydrogen (secondary N) is 1. The molecule has 0 fully saturated rings. The van der Waals surface area contributed by atoms with E-state index in [0.29, 0.717) is 6.54 Å². The van der Waals surface area contributed by atoms with Gasteiger partial charge in [0.1, 0.15) is 5.01 Å². The third-order valence-corrected chi connectivity index (χ3v) is 2.98. The Balaban J connectivity index is 2.03. The average Bonchev–Trinajstić information content (AvgIpc) is 2.67. The van der Waals surface area contributed by atoms with Crippen molar-refractivity contribution in [2.24, 2.45) is 5.73 Å². The first-order valence-corrected chi connectivity index (χ1v) is 5.49. The normalized spacial score (nSPS) is 15.1. The highest BCUT2D eigenvalue weighted by Gasteiger charge is 2.03. The molecule has 74 valence electrons. The summed E-state index contributed by atoms with van der Waals surface area (Å²) in [6.07, 6.45) is 7.16. The topological polar surface area (TPSA) is 50.9 Å². The van der Waals surface area contributed by atoms with Crippen molar-refractivity contribution in [3.8, 4) is 0 Å². The van der Waals surface area contributed by atoms with E-state index in [2.05, 4.69) is 27.8 Å². The fourth-order valence-electron chi connectivity index (χ4n) is 1.36. The molecule has 1 aliphatic rings. The van der Waals surface area contributed by atoms with Crippen LogP contribution in [-0.2, 0) is 13.0 Å². The molecule has 14 heavy (non-hydrogen) atoms. The molecule has 0 atom stereocenters. The Kier molecular flexibility index (Phi) is 2.96. The van der Waals surface area contributed by atoms with E-state index in [1.165, 1.54) is 5.57 Å². The molecule has 0 unspecified atom stereocenters.